The van der Waals surface area contributed by atoms with E-state index in [0.717, 1.165) is 0 Å². The van der Waals surface area contributed by atoms with Crippen molar-refractivity contribution < 1.29 is 18.3 Å². The van der Waals surface area contributed by atoms with Gasteiger partial charge in [-0.05, 0) is 13.8 Å². The summed E-state index contributed by atoms with van der Waals surface area (Å²) in [5.41, 5.74) is -0.0648. The average molecular weight is 222 g/mol. The molecule has 0 saturated carbocycles. The molecule has 1 unspecified atom stereocenters. The fraction of sp³-hybridized carbons (Fsp3) is 1.00. The summed E-state index contributed by atoms with van der Waals surface area (Å²) in [6.07, 6.45) is 0.126. The van der Waals surface area contributed by atoms with Crippen LogP contribution >= 0.6 is 8.60 Å². The van der Waals surface area contributed by atoms with Crippen molar-refractivity contribution in [2.24, 2.45) is 5.41 Å². The number of hydrogen-bond donors (Lipinski definition) is 0. The van der Waals surface area contributed by atoms with Crippen LogP contribution in [0.5, 0.6) is 0 Å². The minimum atomic E-state index is -1.12. The van der Waals surface area contributed by atoms with E-state index in [2.05, 4.69) is 6.92 Å². The highest BCUT2D eigenvalue weighted by Crippen LogP contribution is 2.47. The Morgan fingerprint density at radius 2 is 2.00 bits per heavy atom. The van der Waals surface area contributed by atoms with Gasteiger partial charge in [0.25, 0.3) is 0 Å². The van der Waals surface area contributed by atoms with Crippen molar-refractivity contribution in [3.63, 3.8) is 0 Å². The molecule has 0 aliphatic carbocycles. The molecule has 1 aliphatic heterocycles. The molecule has 0 spiro atoms. The quantitative estimate of drug-likeness (QED) is 0.684. The van der Waals surface area contributed by atoms with Crippen LogP contribution in [0, 0.1) is 5.41 Å². The van der Waals surface area contributed by atoms with Crippen molar-refractivity contribution in [3.8, 4) is 0 Å². The third-order valence-electron chi connectivity index (χ3n) is 2.57. The van der Waals surface area contributed by atoms with Crippen LogP contribution in [0.15, 0.2) is 0 Å². The SMILES string of the molecule is CCOP1OCC(C)(C(C)OC)CO1. The molecular formula is C9H19O4P. The fourth-order valence-corrected chi connectivity index (χ4v) is 2.41. The van der Waals surface area contributed by atoms with Crippen molar-refractivity contribution >= 4 is 8.60 Å². The van der Waals surface area contributed by atoms with Crippen LogP contribution in [0.25, 0.3) is 0 Å². The highest BCUT2D eigenvalue weighted by atomic mass is 31.2. The van der Waals surface area contributed by atoms with Gasteiger partial charge < -0.3 is 18.3 Å². The Morgan fingerprint density at radius 1 is 1.43 bits per heavy atom. The Balaban J connectivity index is 2.40. The third-order valence-corrected chi connectivity index (χ3v) is 3.72. The van der Waals surface area contributed by atoms with E-state index in [1.807, 2.05) is 13.8 Å². The first kappa shape index (κ1) is 12.3. The number of hydrogen-bond acceptors (Lipinski definition) is 4. The second-order valence-electron chi connectivity index (χ2n) is 3.72. The van der Waals surface area contributed by atoms with Crippen LogP contribution in [0.2, 0.25) is 0 Å². The lowest BCUT2D eigenvalue weighted by Crippen LogP contribution is -2.42. The van der Waals surface area contributed by atoms with E-state index in [9.17, 15) is 0 Å². The van der Waals surface area contributed by atoms with Crippen molar-refractivity contribution in [2.75, 3.05) is 26.9 Å². The summed E-state index contributed by atoms with van der Waals surface area (Å²) in [7, 11) is 0.589. The van der Waals surface area contributed by atoms with Crippen molar-refractivity contribution in [1.29, 1.82) is 0 Å². The maximum absolute atomic E-state index is 5.50. The molecule has 1 saturated heterocycles. The van der Waals surface area contributed by atoms with Crippen molar-refractivity contribution in [1.82, 2.24) is 0 Å². The zero-order valence-electron chi connectivity index (χ0n) is 9.28. The first-order chi connectivity index (χ1) is 6.62. The molecule has 1 aliphatic rings. The third kappa shape index (κ3) is 2.88. The lowest BCUT2D eigenvalue weighted by molar-refractivity contribution is -0.0715. The van der Waals surface area contributed by atoms with Gasteiger partial charge in [-0.1, -0.05) is 6.92 Å². The second-order valence-corrected chi connectivity index (χ2v) is 4.94. The van der Waals surface area contributed by atoms with E-state index in [-0.39, 0.29) is 11.5 Å². The Bertz CT molecular complexity index is 168. The zero-order chi connectivity index (χ0) is 10.6. The van der Waals surface area contributed by atoms with Crippen LogP contribution in [0.3, 0.4) is 0 Å². The molecule has 0 N–H and O–H groups in total. The van der Waals surface area contributed by atoms with E-state index < -0.39 is 8.60 Å². The van der Waals surface area contributed by atoms with Crippen LogP contribution in [0.4, 0.5) is 0 Å². The first-order valence-electron chi connectivity index (χ1n) is 4.84. The predicted octanol–water partition coefficient (Wildman–Crippen LogP) is 2.34. The molecule has 0 aromatic heterocycles. The molecule has 0 radical (unpaired) electrons. The summed E-state index contributed by atoms with van der Waals surface area (Å²) in [5, 5.41) is 0. The Morgan fingerprint density at radius 3 is 2.43 bits per heavy atom. The van der Waals surface area contributed by atoms with Crippen molar-refractivity contribution in [2.45, 2.75) is 26.9 Å². The molecule has 0 bridgehead atoms. The van der Waals surface area contributed by atoms with Gasteiger partial charge in [0.15, 0.2) is 0 Å². The molecule has 0 aromatic rings. The lowest BCUT2D eigenvalue weighted by Gasteiger charge is -2.39. The van der Waals surface area contributed by atoms with Gasteiger partial charge >= 0.3 is 8.60 Å². The van der Waals surface area contributed by atoms with Gasteiger partial charge in [-0.25, -0.2) is 0 Å². The minimum Gasteiger partial charge on any atom is -0.381 e. The van der Waals surface area contributed by atoms with E-state index in [0.29, 0.717) is 19.8 Å². The van der Waals surface area contributed by atoms with E-state index in [1.54, 1.807) is 7.11 Å². The number of rotatable bonds is 4. The number of methoxy groups -OCH3 is 1. The summed E-state index contributed by atoms with van der Waals surface area (Å²) in [5.74, 6) is 0. The minimum absolute atomic E-state index is 0.0648. The molecule has 0 aromatic carbocycles. The summed E-state index contributed by atoms with van der Waals surface area (Å²) in [6.45, 7) is 7.95. The molecule has 1 heterocycles. The normalized spacial score (nSPS) is 35.6. The van der Waals surface area contributed by atoms with Crippen molar-refractivity contribution in [3.05, 3.63) is 0 Å². The molecule has 1 rings (SSSR count). The highest BCUT2D eigenvalue weighted by molar-refractivity contribution is 7.41. The summed E-state index contributed by atoms with van der Waals surface area (Å²) < 4.78 is 21.6. The van der Waals surface area contributed by atoms with Crippen LogP contribution in [-0.4, -0.2) is 33.0 Å². The second kappa shape index (κ2) is 5.38. The molecule has 0 amide bonds. The molecule has 1 fully saturated rings. The van der Waals surface area contributed by atoms with Gasteiger partial charge in [0, 0.05) is 12.5 Å². The van der Waals surface area contributed by atoms with Gasteiger partial charge in [0.1, 0.15) is 0 Å². The van der Waals surface area contributed by atoms with E-state index in [4.69, 9.17) is 18.3 Å². The van der Waals surface area contributed by atoms with Gasteiger partial charge in [-0.2, -0.15) is 0 Å². The highest BCUT2D eigenvalue weighted by Gasteiger charge is 2.38. The standard InChI is InChI=1S/C9H19O4P/c1-5-11-14-12-6-9(3,7-13-14)8(2)10-4/h8H,5-7H2,1-4H3. The average Bonchev–Trinajstić information content (AvgIpc) is 2.21. The van der Waals surface area contributed by atoms with Gasteiger partial charge in [-0.3, -0.25) is 0 Å². The molecule has 14 heavy (non-hydrogen) atoms. The maximum atomic E-state index is 5.50. The van der Waals surface area contributed by atoms with Gasteiger partial charge in [0.2, 0.25) is 0 Å². The predicted molar refractivity (Wildman–Crippen MR) is 55.0 cm³/mol. The molecule has 84 valence electrons. The van der Waals surface area contributed by atoms with Gasteiger partial charge in [0.05, 0.1) is 25.9 Å². The van der Waals surface area contributed by atoms with Crippen LogP contribution in [-0.2, 0) is 18.3 Å². The Hall–Kier alpha value is 0.270. The largest absolute Gasteiger partial charge is 0.381 e. The lowest BCUT2D eigenvalue weighted by atomic mass is 9.87. The Labute approximate surface area is 86.9 Å². The molecule has 5 heteroatoms. The smallest absolute Gasteiger partial charge is 0.332 e. The molecule has 4 nitrogen and oxygen atoms in total. The van der Waals surface area contributed by atoms with E-state index in [1.165, 1.54) is 0 Å². The fourth-order valence-electron chi connectivity index (χ4n) is 1.18. The summed E-state index contributed by atoms with van der Waals surface area (Å²) in [4.78, 5) is 0. The van der Waals surface area contributed by atoms with Gasteiger partial charge in [-0.15, -0.1) is 0 Å². The first-order valence-corrected chi connectivity index (χ1v) is 5.93. The zero-order valence-corrected chi connectivity index (χ0v) is 10.2. The van der Waals surface area contributed by atoms with Crippen LogP contribution in [0.1, 0.15) is 20.8 Å². The monoisotopic (exact) mass is 222 g/mol. The maximum Gasteiger partial charge on any atom is 0.332 e. The molecule has 1 atom stereocenters. The van der Waals surface area contributed by atoms with E-state index >= 15 is 0 Å². The number of ether oxygens (including phenoxy) is 1. The summed E-state index contributed by atoms with van der Waals surface area (Å²) in [6, 6.07) is 0. The van der Waals surface area contributed by atoms with Crippen LogP contribution < -0.4 is 0 Å². The summed E-state index contributed by atoms with van der Waals surface area (Å²) >= 11 is 0. The molecular weight excluding hydrogens is 203 g/mol. The Kier molecular flexibility index (Phi) is 4.74. The topological polar surface area (TPSA) is 36.9 Å².